The van der Waals surface area contributed by atoms with Gasteiger partial charge in [-0.3, -0.25) is 9.08 Å². The summed E-state index contributed by atoms with van der Waals surface area (Å²) in [5.74, 6) is 0. The second-order valence-corrected chi connectivity index (χ2v) is 14.7. The predicted octanol–water partition coefficient (Wildman–Crippen LogP) is 3.15. The number of ether oxygens (including phenoxy) is 1. The molecule has 0 aromatic heterocycles. The number of rotatable bonds is 6. The molecule has 28 heavy (non-hydrogen) atoms. The predicted molar refractivity (Wildman–Crippen MR) is 111 cm³/mol. The van der Waals surface area contributed by atoms with Gasteiger partial charge >= 0.3 is 6.09 Å². The summed E-state index contributed by atoms with van der Waals surface area (Å²) < 4.78 is 40.3. The van der Waals surface area contributed by atoms with Crippen molar-refractivity contribution in [3.05, 3.63) is 0 Å². The van der Waals surface area contributed by atoms with Gasteiger partial charge in [0, 0.05) is 11.5 Å². The van der Waals surface area contributed by atoms with E-state index < -0.39 is 24.8 Å². The molecule has 2 rings (SSSR count). The Hall–Kier alpha value is -0.643. The smallest absolute Gasteiger partial charge is 0.410 e. The van der Waals surface area contributed by atoms with Gasteiger partial charge in [0.1, 0.15) is 5.60 Å². The van der Waals surface area contributed by atoms with Gasteiger partial charge in [0.2, 0.25) is 0 Å². The van der Waals surface area contributed by atoms with Crippen molar-refractivity contribution >= 4 is 25.3 Å². The van der Waals surface area contributed by atoms with Crippen LogP contribution in [0.15, 0.2) is 0 Å². The first-order valence-corrected chi connectivity index (χ1v) is 14.6. The van der Waals surface area contributed by atoms with E-state index in [9.17, 15) is 13.2 Å². The molecule has 7 nitrogen and oxygen atoms in total. The van der Waals surface area contributed by atoms with E-state index in [1.165, 1.54) is 0 Å². The van der Waals surface area contributed by atoms with Crippen molar-refractivity contribution < 1.29 is 26.6 Å². The van der Waals surface area contributed by atoms with Crippen LogP contribution in [0.5, 0.6) is 0 Å². The van der Waals surface area contributed by atoms with Crippen molar-refractivity contribution in [1.29, 1.82) is 0 Å². The van der Waals surface area contributed by atoms with Crippen molar-refractivity contribution in [3.8, 4) is 0 Å². The molecule has 1 saturated heterocycles. The van der Waals surface area contributed by atoms with Crippen LogP contribution in [0.1, 0.15) is 54.4 Å². The molecule has 2 aliphatic rings. The molecule has 0 aromatic rings. The Kier molecular flexibility index (Phi) is 6.38. The summed E-state index contributed by atoms with van der Waals surface area (Å²) in [7, 11) is -4.90. The van der Waals surface area contributed by atoms with E-state index in [1.807, 2.05) is 25.7 Å². The van der Waals surface area contributed by atoms with Gasteiger partial charge in [-0.1, -0.05) is 20.8 Å². The largest absolute Gasteiger partial charge is 0.444 e. The van der Waals surface area contributed by atoms with Crippen LogP contribution < -0.4 is 0 Å². The molecular weight excluding hydrogens is 398 g/mol. The van der Waals surface area contributed by atoms with Crippen LogP contribution in [0.3, 0.4) is 0 Å². The van der Waals surface area contributed by atoms with E-state index in [2.05, 4.69) is 33.9 Å². The molecule has 1 heterocycles. The number of hydrogen-bond acceptors (Lipinski definition) is 6. The first-order valence-electron chi connectivity index (χ1n) is 9.96. The molecular formula is C19H37NO6SSi. The third kappa shape index (κ3) is 5.70. The molecule has 2 fully saturated rings. The van der Waals surface area contributed by atoms with Gasteiger partial charge in [0.25, 0.3) is 10.1 Å². The lowest BCUT2D eigenvalue weighted by molar-refractivity contribution is -0.0207. The highest BCUT2D eigenvalue weighted by Crippen LogP contribution is 2.61. The van der Waals surface area contributed by atoms with Crippen molar-refractivity contribution in [2.75, 3.05) is 12.9 Å². The molecule has 1 aliphatic heterocycles. The first-order chi connectivity index (χ1) is 12.5. The molecule has 1 unspecified atom stereocenters. The van der Waals surface area contributed by atoms with Gasteiger partial charge in [-0.05, 0) is 52.1 Å². The molecule has 9 heteroatoms. The van der Waals surface area contributed by atoms with E-state index in [-0.39, 0.29) is 41.7 Å². The van der Waals surface area contributed by atoms with Gasteiger partial charge < -0.3 is 9.16 Å². The second-order valence-electron chi connectivity index (χ2n) is 10.7. The summed E-state index contributed by atoms with van der Waals surface area (Å²) in [6.07, 6.45) is 1.95. The fourth-order valence-corrected chi connectivity index (χ4v) is 5.74. The SMILES string of the molecule is C[SiH](C)OC([C@@H]1C[C@@]2(COS(C)(=O)=O)C[C@H]2N1C(=O)OC(C)(C)C)C(C)(C)C. The highest BCUT2D eigenvalue weighted by Gasteiger charge is 2.68. The molecule has 0 aromatic carbocycles. The third-order valence-corrected chi connectivity index (χ3v) is 6.63. The Morgan fingerprint density at radius 1 is 1.18 bits per heavy atom. The highest BCUT2D eigenvalue weighted by molar-refractivity contribution is 7.85. The summed E-state index contributed by atoms with van der Waals surface area (Å²) >= 11 is 0. The van der Waals surface area contributed by atoms with Crippen molar-refractivity contribution in [1.82, 2.24) is 4.90 Å². The number of nitrogens with zero attached hydrogens (tertiary/aromatic N) is 1. The number of piperidine rings is 1. The normalized spacial score (nSPS) is 29.0. The Morgan fingerprint density at radius 3 is 2.18 bits per heavy atom. The maximum Gasteiger partial charge on any atom is 0.410 e. The van der Waals surface area contributed by atoms with Crippen LogP contribution >= 0.6 is 0 Å². The zero-order valence-corrected chi connectivity index (χ0v) is 20.7. The molecule has 4 atom stereocenters. The number of hydrogen-bond donors (Lipinski definition) is 0. The third-order valence-electron chi connectivity index (χ3n) is 5.24. The molecule has 1 aliphatic carbocycles. The Morgan fingerprint density at radius 2 is 1.75 bits per heavy atom. The van der Waals surface area contributed by atoms with Gasteiger partial charge in [-0.2, -0.15) is 8.42 Å². The molecule has 1 amide bonds. The monoisotopic (exact) mass is 435 g/mol. The molecule has 0 spiro atoms. The average Bonchev–Trinajstić information content (AvgIpc) is 3.04. The van der Waals surface area contributed by atoms with Crippen molar-refractivity contribution in [3.63, 3.8) is 0 Å². The maximum absolute atomic E-state index is 13.1. The van der Waals surface area contributed by atoms with E-state index in [1.54, 1.807) is 0 Å². The minimum atomic E-state index is -3.53. The standard InChI is InChI=1S/C19H37NO6SSi/c1-17(2,3)15(26-28(8)9)13-10-19(12-24-27(7,22)23)11-14(19)20(13)16(21)25-18(4,5)6/h13-15,28H,10-12H2,1-9H3/t13-,14+,15?,19-/m0/s1. The van der Waals surface area contributed by atoms with Crippen LogP contribution in [0.2, 0.25) is 13.1 Å². The number of amides is 1. The molecule has 0 radical (unpaired) electrons. The Balaban J connectivity index is 2.33. The number of fused-ring (bicyclic) bond motifs is 1. The Bertz CT molecular complexity index is 696. The number of likely N-dealkylation sites (tertiary alicyclic amines) is 1. The van der Waals surface area contributed by atoms with E-state index in [0.717, 1.165) is 12.7 Å². The van der Waals surface area contributed by atoms with E-state index >= 15 is 0 Å². The van der Waals surface area contributed by atoms with Gasteiger partial charge in [-0.25, -0.2) is 4.79 Å². The second kappa shape index (κ2) is 7.56. The van der Waals surface area contributed by atoms with E-state index in [4.69, 9.17) is 13.3 Å². The summed E-state index contributed by atoms with van der Waals surface area (Å²) in [5, 5.41) is 0. The van der Waals surface area contributed by atoms with Gasteiger partial charge in [0.15, 0.2) is 9.04 Å². The minimum absolute atomic E-state index is 0.0728. The van der Waals surface area contributed by atoms with Crippen molar-refractivity contribution in [2.24, 2.45) is 10.8 Å². The lowest BCUT2D eigenvalue weighted by Crippen LogP contribution is -2.53. The lowest BCUT2D eigenvalue weighted by atomic mass is 9.82. The van der Waals surface area contributed by atoms with Crippen LogP contribution in [-0.4, -0.2) is 65.1 Å². The zero-order valence-electron chi connectivity index (χ0n) is 18.7. The zero-order chi connectivity index (χ0) is 21.7. The summed E-state index contributed by atoms with van der Waals surface area (Å²) in [6.45, 7) is 16.2. The molecule has 164 valence electrons. The lowest BCUT2D eigenvalue weighted by Gasteiger charge is -2.42. The topological polar surface area (TPSA) is 82.1 Å². The quantitative estimate of drug-likeness (QED) is 0.471. The number of carbonyl (C=O) groups excluding carboxylic acids is 1. The summed E-state index contributed by atoms with van der Waals surface area (Å²) in [5.41, 5.74) is -1.11. The van der Waals surface area contributed by atoms with Crippen LogP contribution in [0.4, 0.5) is 4.79 Å². The van der Waals surface area contributed by atoms with Gasteiger partial charge in [-0.15, -0.1) is 0 Å². The Labute approximate surface area is 171 Å². The molecule has 0 N–H and O–H groups in total. The average molecular weight is 436 g/mol. The number of carbonyl (C=O) groups is 1. The van der Waals surface area contributed by atoms with Crippen LogP contribution in [-0.2, 0) is 23.5 Å². The van der Waals surface area contributed by atoms with Crippen molar-refractivity contribution in [2.45, 2.75) is 91.3 Å². The highest BCUT2D eigenvalue weighted by atomic mass is 32.2. The van der Waals surface area contributed by atoms with Crippen LogP contribution in [0, 0.1) is 10.8 Å². The maximum atomic E-state index is 13.1. The molecule has 1 saturated carbocycles. The molecule has 0 bridgehead atoms. The van der Waals surface area contributed by atoms with Gasteiger partial charge in [0.05, 0.1) is 25.0 Å². The van der Waals surface area contributed by atoms with Crippen LogP contribution in [0.25, 0.3) is 0 Å². The summed E-state index contributed by atoms with van der Waals surface area (Å²) in [6, 6.07) is -0.233. The van der Waals surface area contributed by atoms with E-state index in [0.29, 0.717) is 6.42 Å². The minimum Gasteiger partial charge on any atom is -0.444 e. The summed E-state index contributed by atoms with van der Waals surface area (Å²) in [4.78, 5) is 14.9. The fourth-order valence-electron chi connectivity index (χ4n) is 4.12. The first kappa shape index (κ1) is 23.6. The fraction of sp³-hybridized carbons (Fsp3) is 0.947.